The number of thioether (sulfide) groups is 1. The molecule has 0 spiro atoms. The third-order valence-corrected chi connectivity index (χ3v) is 4.62. The molecule has 0 heterocycles. The standard InChI is InChI=1S/C12H23NO2S/c1-13-10-6-4-3-5-7-11(10)16-9-8-12(14)15-2/h10-11,13H,3-9H2,1-2H3. The fraction of sp³-hybridized carbons (Fsp3) is 0.917. The number of rotatable bonds is 5. The zero-order chi connectivity index (χ0) is 11.8. The Morgan fingerprint density at radius 3 is 2.81 bits per heavy atom. The van der Waals surface area contributed by atoms with Gasteiger partial charge in [0.25, 0.3) is 0 Å². The summed E-state index contributed by atoms with van der Waals surface area (Å²) in [6.45, 7) is 0. The Bertz CT molecular complexity index is 211. The van der Waals surface area contributed by atoms with Crippen molar-refractivity contribution in [3.05, 3.63) is 0 Å². The quantitative estimate of drug-likeness (QED) is 0.595. The second-order valence-corrected chi connectivity index (χ2v) is 5.62. The van der Waals surface area contributed by atoms with Crippen molar-refractivity contribution >= 4 is 17.7 Å². The number of hydrogen-bond acceptors (Lipinski definition) is 4. The molecule has 4 heteroatoms. The monoisotopic (exact) mass is 245 g/mol. The van der Waals surface area contributed by atoms with Gasteiger partial charge in [0, 0.05) is 17.0 Å². The summed E-state index contributed by atoms with van der Waals surface area (Å²) in [6.07, 6.45) is 7.09. The number of hydrogen-bond donors (Lipinski definition) is 1. The van der Waals surface area contributed by atoms with Crippen molar-refractivity contribution < 1.29 is 9.53 Å². The maximum Gasteiger partial charge on any atom is 0.306 e. The van der Waals surface area contributed by atoms with E-state index in [-0.39, 0.29) is 5.97 Å². The van der Waals surface area contributed by atoms with Crippen LogP contribution in [0.2, 0.25) is 0 Å². The van der Waals surface area contributed by atoms with Crippen LogP contribution in [0.25, 0.3) is 0 Å². The van der Waals surface area contributed by atoms with Crippen molar-refractivity contribution in [2.45, 2.75) is 49.8 Å². The molecule has 0 aromatic rings. The lowest BCUT2D eigenvalue weighted by molar-refractivity contribution is -0.140. The van der Waals surface area contributed by atoms with E-state index in [1.54, 1.807) is 0 Å². The van der Waals surface area contributed by atoms with E-state index in [0.29, 0.717) is 17.7 Å². The SMILES string of the molecule is CNC1CCCCCC1SCCC(=O)OC. The summed E-state index contributed by atoms with van der Waals surface area (Å²) in [5, 5.41) is 4.07. The molecule has 0 aromatic heterocycles. The van der Waals surface area contributed by atoms with Gasteiger partial charge in [0.1, 0.15) is 0 Å². The number of carbonyl (C=O) groups excluding carboxylic acids is 1. The molecule has 1 fully saturated rings. The van der Waals surface area contributed by atoms with Gasteiger partial charge in [0.05, 0.1) is 13.5 Å². The van der Waals surface area contributed by atoms with Gasteiger partial charge in [-0.15, -0.1) is 0 Å². The van der Waals surface area contributed by atoms with Crippen molar-refractivity contribution in [1.82, 2.24) is 5.32 Å². The average Bonchev–Trinajstić information content (AvgIpc) is 2.53. The molecule has 0 saturated heterocycles. The molecule has 1 rings (SSSR count). The summed E-state index contributed by atoms with van der Waals surface area (Å²) >= 11 is 1.92. The van der Waals surface area contributed by atoms with Gasteiger partial charge >= 0.3 is 5.97 Å². The van der Waals surface area contributed by atoms with Crippen molar-refractivity contribution in [3.63, 3.8) is 0 Å². The van der Waals surface area contributed by atoms with Crippen LogP contribution in [0.5, 0.6) is 0 Å². The minimum atomic E-state index is -0.0953. The normalized spacial score (nSPS) is 26.1. The highest BCUT2D eigenvalue weighted by atomic mass is 32.2. The minimum Gasteiger partial charge on any atom is -0.469 e. The Morgan fingerprint density at radius 1 is 1.38 bits per heavy atom. The third-order valence-electron chi connectivity index (χ3n) is 3.19. The molecule has 2 unspecified atom stereocenters. The van der Waals surface area contributed by atoms with Crippen LogP contribution in [-0.4, -0.2) is 37.2 Å². The topological polar surface area (TPSA) is 38.3 Å². The fourth-order valence-corrected chi connectivity index (χ4v) is 3.62. The van der Waals surface area contributed by atoms with Gasteiger partial charge in [-0.25, -0.2) is 0 Å². The summed E-state index contributed by atoms with van der Waals surface area (Å²) < 4.78 is 4.65. The summed E-state index contributed by atoms with van der Waals surface area (Å²) in [4.78, 5) is 11.0. The number of carbonyl (C=O) groups is 1. The van der Waals surface area contributed by atoms with Crippen molar-refractivity contribution in [2.75, 3.05) is 19.9 Å². The van der Waals surface area contributed by atoms with Gasteiger partial charge < -0.3 is 10.1 Å². The Morgan fingerprint density at radius 2 is 2.12 bits per heavy atom. The second kappa shape index (κ2) is 7.96. The molecule has 0 amide bonds. The zero-order valence-electron chi connectivity index (χ0n) is 10.3. The van der Waals surface area contributed by atoms with E-state index in [2.05, 4.69) is 10.1 Å². The van der Waals surface area contributed by atoms with Crippen LogP contribution >= 0.6 is 11.8 Å². The first-order chi connectivity index (χ1) is 7.77. The van der Waals surface area contributed by atoms with Crippen LogP contribution in [0.4, 0.5) is 0 Å². The molecule has 0 aliphatic heterocycles. The van der Waals surface area contributed by atoms with Crippen LogP contribution in [-0.2, 0) is 9.53 Å². The summed E-state index contributed by atoms with van der Waals surface area (Å²) in [6, 6.07) is 0.616. The van der Waals surface area contributed by atoms with E-state index in [1.807, 2.05) is 18.8 Å². The van der Waals surface area contributed by atoms with Gasteiger partial charge in [-0.2, -0.15) is 11.8 Å². The Labute approximate surface area is 103 Å². The second-order valence-electron chi connectivity index (χ2n) is 4.27. The molecule has 1 aliphatic rings. The number of methoxy groups -OCH3 is 1. The summed E-state index contributed by atoms with van der Waals surface area (Å²) in [7, 11) is 3.50. The van der Waals surface area contributed by atoms with Gasteiger partial charge in [-0.1, -0.05) is 19.3 Å². The minimum absolute atomic E-state index is 0.0953. The summed E-state index contributed by atoms with van der Waals surface area (Å²) in [5.74, 6) is 0.789. The Balaban J connectivity index is 2.28. The molecular formula is C12H23NO2S. The van der Waals surface area contributed by atoms with Gasteiger partial charge in [-0.05, 0) is 19.9 Å². The van der Waals surface area contributed by atoms with Crippen LogP contribution in [0.15, 0.2) is 0 Å². The highest BCUT2D eigenvalue weighted by Gasteiger charge is 2.22. The first-order valence-electron chi connectivity index (χ1n) is 6.13. The highest BCUT2D eigenvalue weighted by Crippen LogP contribution is 2.28. The maximum absolute atomic E-state index is 11.0. The number of esters is 1. The van der Waals surface area contributed by atoms with Gasteiger partial charge in [0.15, 0.2) is 0 Å². The van der Waals surface area contributed by atoms with Crippen molar-refractivity contribution in [2.24, 2.45) is 0 Å². The van der Waals surface area contributed by atoms with E-state index >= 15 is 0 Å². The number of ether oxygens (including phenoxy) is 1. The molecule has 1 saturated carbocycles. The molecule has 0 bridgehead atoms. The maximum atomic E-state index is 11.0. The largest absolute Gasteiger partial charge is 0.469 e. The van der Waals surface area contributed by atoms with Gasteiger partial charge in [-0.3, -0.25) is 4.79 Å². The average molecular weight is 245 g/mol. The molecular weight excluding hydrogens is 222 g/mol. The molecule has 1 aliphatic carbocycles. The lowest BCUT2D eigenvalue weighted by Crippen LogP contribution is -2.35. The predicted octanol–water partition coefficient (Wildman–Crippen LogP) is 2.20. The third kappa shape index (κ3) is 4.74. The van der Waals surface area contributed by atoms with Crippen LogP contribution in [0, 0.1) is 0 Å². The number of nitrogens with one attached hydrogen (secondary N) is 1. The summed E-state index contributed by atoms with van der Waals surface area (Å²) in [5.41, 5.74) is 0. The first kappa shape index (κ1) is 13.8. The van der Waals surface area contributed by atoms with E-state index in [9.17, 15) is 4.79 Å². The van der Waals surface area contributed by atoms with Crippen molar-refractivity contribution in [1.29, 1.82) is 0 Å². The molecule has 16 heavy (non-hydrogen) atoms. The van der Waals surface area contributed by atoms with Crippen LogP contribution in [0.1, 0.15) is 38.5 Å². The molecule has 1 N–H and O–H groups in total. The molecule has 0 radical (unpaired) electrons. The lowest BCUT2D eigenvalue weighted by Gasteiger charge is -2.24. The Hall–Kier alpha value is -0.220. The fourth-order valence-electron chi connectivity index (χ4n) is 2.20. The van der Waals surface area contributed by atoms with E-state index < -0.39 is 0 Å². The van der Waals surface area contributed by atoms with Gasteiger partial charge in [0.2, 0.25) is 0 Å². The smallest absolute Gasteiger partial charge is 0.306 e. The Kier molecular flexibility index (Phi) is 6.88. The lowest BCUT2D eigenvalue weighted by atomic mass is 10.1. The van der Waals surface area contributed by atoms with Crippen LogP contribution < -0.4 is 5.32 Å². The predicted molar refractivity (Wildman–Crippen MR) is 68.8 cm³/mol. The zero-order valence-corrected chi connectivity index (χ0v) is 11.1. The van der Waals surface area contributed by atoms with E-state index in [0.717, 1.165) is 5.75 Å². The highest BCUT2D eigenvalue weighted by molar-refractivity contribution is 7.99. The van der Waals surface area contributed by atoms with E-state index in [4.69, 9.17) is 0 Å². The van der Waals surface area contributed by atoms with Crippen LogP contribution in [0.3, 0.4) is 0 Å². The first-order valence-corrected chi connectivity index (χ1v) is 7.18. The molecule has 0 aromatic carbocycles. The van der Waals surface area contributed by atoms with E-state index in [1.165, 1.54) is 39.2 Å². The van der Waals surface area contributed by atoms with Crippen molar-refractivity contribution in [3.8, 4) is 0 Å². The molecule has 94 valence electrons. The molecule has 2 atom stereocenters. The molecule has 3 nitrogen and oxygen atoms in total.